The lowest BCUT2D eigenvalue weighted by atomic mass is 10.2. The van der Waals surface area contributed by atoms with Crippen LogP contribution in [0, 0.1) is 0 Å². The van der Waals surface area contributed by atoms with Crippen molar-refractivity contribution in [2.45, 2.75) is 0 Å². The van der Waals surface area contributed by atoms with E-state index in [1.54, 1.807) is 7.11 Å². The van der Waals surface area contributed by atoms with Gasteiger partial charge >= 0.3 is 0 Å². The maximum atomic E-state index is 5.97. The normalized spacial score (nSPS) is 10.9. The maximum absolute atomic E-state index is 5.97. The van der Waals surface area contributed by atoms with Crippen LogP contribution in [0.15, 0.2) is 45.3 Å². The number of fused-ring (bicyclic) bond motifs is 1. The van der Waals surface area contributed by atoms with Crippen LogP contribution < -0.4 is 4.74 Å². The number of halogens is 2. The number of methoxy groups -OCH3 is 1. The number of nitrogens with zero attached hydrogens (tertiary/aromatic N) is 1. The van der Waals surface area contributed by atoms with Crippen molar-refractivity contribution in [2.75, 3.05) is 7.11 Å². The lowest BCUT2D eigenvalue weighted by molar-refractivity contribution is 0.415. The number of hydrogen-bond donors (Lipinski definition) is 0. The van der Waals surface area contributed by atoms with Crippen molar-refractivity contribution in [3.8, 4) is 17.2 Å². The number of aromatic nitrogens is 1. The molecule has 2 aromatic carbocycles. The van der Waals surface area contributed by atoms with Crippen LogP contribution in [0.1, 0.15) is 0 Å². The third-order valence-electron chi connectivity index (χ3n) is 2.73. The Hall–Kier alpha value is -1.52. The van der Waals surface area contributed by atoms with Gasteiger partial charge in [-0.15, -0.1) is 0 Å². The second-order valence-electron chi connectivity index (χ2n) is 3.99. The van der Waals surface area contributed by atoms with Gasteiger partial charge in [-0.1, -0.05) is 17.7 Å². The molecule has 3 aromatic rings. The van der Waals surface area contributed by atoms with E-state index in [0.29, 0.717) is 16.5 Å². The zero-order chi connectivity index (χ0) is 13.4. The molecule has 0 unspecified atom stereocenters. The summed E-state index contributed by atoms with van der Waals surface area (Å²) in [5.74, 6) is 1.26. The topological polar surface area (TPSA) is 35.3 Å². The smallest absolute Gasteiger partial charge is 0.227 e. The van der Waals surface area contributed by atoms with Crippen molar-refractivity contribution in [3.63, 3.8) is 0 Å². The van der Waals surface area contributed by atoms with Gasteiger partial charge in [-0.2, -0.15) is 0 Å². The first-order chi connectivity index (χ1) is 9.17. The number of oxazole rings is 1. The molecule has 19 heavy (non-hydrogen) atoms. The summed E-state index contributed by atoms with van der Waals surface area (Å²) in [5.41, 5.74) is 2.27. The van der Waals surface area contributed by atoms with Crippen molar-refractivity contribution in [1.29, 1.82) is 0 Å². The largest absolute Gasteiger partial charge is 0.497 e. The van der Waals surface area contributed by atoms with E-state index in [4.69, 9.17) is 20.8 Å². The number of benzene rings is 2. The fourth-order valence-corrected chi connectivity index (χ4v) is 2.53. The van der Waals surface area contributed by atoms with Gasteiger partial charge in [0.05, 0.1) is 11.6 Å². The van der Waals surface area contributed by atoms with Crippen molar-refractivity contribution < 1.29 is 9.15 Å². The summed E-state index contributed by atoms with van der Waals surface area (Å²) < 4.78 is 11.8. The summed E-state index contributed by atoms with van der Waals surface area (Å²) in [4.78, 5) is 4.46. The zero-order valence-corrected chi connectivity index (χ0v) is 12.3. The molecule has 1 aromatic heterocycles. The molecular formula is C14H9BrClNO2. The van der Waals surface area contributed by atoms with E-state index in [-0.39, 0.29) is 0 Å². The van der Waals surface area contributed by atoms with Crippen LogP contribution in [0.5, 0.6) is 5.75 Å². The van der Waals surface area contributed by atoms with Crippen LogP contribution >= 0.6 is 27.5 Å². The summed E-state index contributed by atoms with van der Waals surface area (Å²) in [6.07, 6.45) is 0. The molecule has 1 heterocycles. The van der Waals surface area contributed by atoms with Gasteiger partial charge in [0.25, 0.3) is 0 Å². The molecule has 0 aliphatic carbocycles. The van der Waals surface area contributed by atoms with Crippen LogP contribution in [0.3, 0.4) is 0 Å². The van der Waals surface area contributed by atoms with Crippen LogP contribution in [-0.2, 0) is 0 Å². The number of ether oxygens (including phenoxy) is 1. The molecule has 0 saturated carbocycles. The first kappa shape index (κ1) is 12.5. The van der Waals surface area contributed by atoms with Crippen molar-refractivity contribution >= 4 is 38.6 Å². The Morgan fingerprint density at radius 2 is 2.11 bits per heavy atom. The third kappa shape index (κ3) is 2.33. The molecule has 96 valence electrons. The monoisotopic (exact) mass is 337 g/mol. The van der Waals surface area contributed by atoms with Crippen LogP contribution in [0.2, 0.25) is 5.02 Å². The Bertz CT molecular complexity index is 754. The molecule has 3 nitrogen and oxygen atoms in total. The second-order valence-corrected chi connectivity index (χ2v) is 5.28. The Morgan fingerprint density at radius 3 is 2.84 bits per heavy atom. The van der Waals surface area contributed by atoms with Gasteiger partial charge < -0.3 is 9.15 Å². The molecule has 0 radical (unpaired) electrons. The molecule has 0 spiro atoms. The first-order valence-corrected chi connectivity index (χ1v) is 6.74. The maximum Gasteiger partial charge on any atom is 0.227 e. The predicted molar refractivity (Wildman–Crippen MR) is 78.7 cm³/mol. The Labute approximate surface area is 123 Å². The van der Waals surface area contributed by atoms with Crippen LogP contribution in [0.4, 0.5) is 0 Å². The Balaban J connectivity index is 2.19. The number of rotatable bonds is 2. The third-order valence-corrected chi connectivity index (χ3v) is 3.55. The molecule has 0 fully saturated rings. The summed E-state index contributed by atoms with van der Waals surface area (Å²) in [5, 5.41) is 0.649. The molecule has 0 bridgehead atoms. The van der Waals surface area contributed by atoms with Crippen LogP contribution in [0.25, 0.3) is 22.6 Å². The molecule has 5 heteroatoms. The molecule has 0 atom stereocenters. The van der Waals surface area contributed by atoms with Gasteiger partial charge in [0.1, 0.15) is 11.3 Å². The van der Waals surface area contributed by atoms with Gasteiger partial charge in [-0.05, 0) is 40.2 Å². The summed E-state index contributed by atoms with van der Waals surface area (Å²) in [7, 11) is 1.62. The highest BCUT2D eigenvalue weighted by atomic mass is 79.9. The predicted octanol–water partition coefficient (Wildman–Crippen LogP) is 4.92. The van der Waals surface area contributed by atoms with Gasteiger partial charge in [0.2, 0.25) is 5.89 Å². The molecule has 0 N–H and O–H groups in total. The fourth-order valence-electron chi connectivity index (χ4n) is 1.83. The van der Waals surface area contributed by atoms with E-state index < -0.39 is 0 Å². The molecule has 0 aliphatic heterocycles. The highest BCUT2D eigenvalue weighted by Crippen LogP contribution is 2.33. The molecule has 3 rings (SSSR count). The minimum Gasteiger partial charge on any atom is -0.497 e. The second kappa shape index (κ2) is 4.87. The van der Waals surface area contributed by atoms with Crippen molar-refractivity contribution in [1.82, 2.24) is 4.98 Å². The molecular weight excluding hydrogens is 330 g/mol. The van der Waals surface area contributed by atoms with Crippen molar-refractivity contribution in [2.24, 2.45) is 0 Å². The summed E-state index contributed by atoms with van der Waals surface area (Å²) >= 11 is 9.42. The highest BCUT2D eigenvalue weighted by molar-refractivity contribution is 9.10. The minimum absolute atomic E-state index is 0.534. The average Bonchev–Trinajstić information content (AvgIpc) is 2.83. The number of hydrogen-bond acceptors (Lipinski definition) is 3. The Morgan fingerprint density at radius 1 is 1.26 bits per heavy atom. The van der Waals surface area contributed by atoms with E-state index in [0.717, 1.165) is 21.3 Å². The van der Waals surface area contributed by atoms with E-state index in [2.05, 4.69) is 20.9 Å². The quantitative estimate of drug-likeness (QED) is 0.665. The summed E-state index contributed by atoms with van der Waals surface area (Å²) in [6, 6.07) is 11.1. The van der Waals surface area contributed by atoms with E-state index in [9.17, 15) is 0 Å². The van der Waals surface area contributed by atoms with Crippen molar-refractivity contribution in [3.05, 3.63) is 45.9 Å². The van der Waals surface area contributed by atoms with E-state index in [1.807, 2.05) is 36.4 Å². The lowest BCUT2D eigenvalue weighted by Gasteiger charge is -1.98. The SMILES string of the molecule is COc1cc(Br)c2oc(-c3cccc(Cl)c3)nc2c1. The molecule has 0 saturated heterocycles. The highest BCUT2D eigenvalue weighted by Gasteiger charge is 2.12. The Kier molecular flexibility index (Phi) is 3.21. The van der Waals surface area contributed by atoms with E-state index >= 15 is 0 Å². The minimum atomic E-state index is 0.534. The van der Waals surface area contributed by atoms with Crippen LogP contribution in [-0.4, -0.2) is 12.1 Å². The lowest BCUT2D eigenvalue weighted by Crippen LogP contribution is -1.82. The zero-order valence-electron chi connectivity index (χ0n) is 9.98. The standard InChI is InChI=1S/C14H9BrClNO2/c1-18-10-6-11(15)13-12(7-10)17-14(19-13)8-3-2-4-9(16)5-8/h2-7H,1H3. The van der Waals surface area contributed by atoms with E-state index in [1.165, 1.54) is 0 Å². The van der Waals surface area contributed by atoms with Gasteiger partial charge in [-0.3, -0.25) is 0 Å². The van der Waals surface area contributed by atoms with Gasteiger partial charge in [-0.25, -0.2) is 4.98 Å². The molecule has 0 amide bonds. The average molecular weight is 339 g/mol. The van der Waals surface area contributed by atoms with Gasteiger partial charge in [0, 0.05) is 16.7 Å². The first-order valence-electron chi connectivity index (χ1n) is 5.57. The summed E-state index contributed by atoms with van der Waals surface area (Å²) in [6.45, 7) is 0. The molecule has 0 aliphatic rings. The fraction of sp³-hybridized carbons (Fsp3) is 0.0714. The van der Waals surface area contributed by atoms with Gasteiger partial charge in [0.15, 0.2) is 5.58 Å².